The molecule has 2 aromatic rings. The molecule has 2 aromatic heterocycles. The second-order valence-corrected chi connectivity index (χ2v) is 9.52. The highest BCUT2D eigenvalue weighted by molar-refractivity contribution is 7.91. The van der Waals surface area contributed by atoms with E-state index in [0.29, 0.717) is 10.2 Å². The van der Waals surface area contributed by atoms with Crippen LogP contribution in [-0.2, 0) is 16.4 Å². The maximum absolute atomic E-state index is 12.6. The van der Waals surface area contributed by atoms with Crippen LogP contribution in [0.2, 0.25) is 0 Å². The fourth-order valence-corrected chi connectivity index (χ4v) is 5.35. The number of hydrogen-bond acceptors (Lipinski definition) is 6. The Morgan fingerprint density at radius 1 is 1.36 bits per heavy atom. The molecule has 22 heavy (non-hydrogen) atoms. The van der Waals surface area contributed by atoms with Crippen LogP contribution in [0.1, 0.15) is 23.3 Å². The lowest BCUT2D eigenvalue weighted by molar-refractivity contribution is 0.0122. The SMILES string of the molecule is Cc1sc2ncn(CC3(O)CCS(=O)(=O)CC3)c(=O)c2c1C. The van der Waals surface area contributed by atoms with Crippen LogP contribution in [0.5, 0.6) is 0 Å². The van der Waals surface area contributed by atoms with Crippen LogP contribution in [0.4, 0.5) is 0 Å². The van der Waals surface area contributed by atoms with Gasteiger partial charge in [0.15, 0.2) is 9.84 Å². The van der Waals surface area contributed by atoms with Crippen molar-refractivity contribution in [2.75, 3.05) is 11.5 Å². The lowest BCUT2D eigenvalue weighted by atomic mass is 9.97. The highest BCUT2D eigenvalue weighted by Crippen LogP contribution is 2.27. The number of nitrogens with zero attached hydrogens (tertiary/aromatic N) is 2. The molecule has 8 heteroatoms. The van der Waals surface area contributed by atoms with Gasteiger partial charge in [0, 0.05) is 4.88 Å². The van der Waals surface area contributed by atoms with Crippen molar-refractivity contribution in [1.29, 1.82) is 0 Å². The fourth-order valence-electron chi connectivity index (χ4n) is 2.78. The Balaban J connectivity index is 1.96. The van der Waals surface area contributed by atoms with E-state index in [-0.39, 0.29) is 36.5 Å². The smallest absolute Gasteiger partial charge is 0.262 e. The number of aromatic nitrogens is 2. The lowest BCUT2D eigenvalue weighted by Crippen LogP contribution is -2.44. The average Bonchev–Trinajstić information content (AvgIpc) is 2.74. The van der Waals surface area contributed by atoms with E-state index in [2.05, 4.69) is 4.98 Å². The Morgan fingerprint density at radius 3 is 2.64 bits per heavy atom. The quantitative estimate of drug-likeness (QED) is 0.880. The molecule has 1 fully saturated rings. The largest absolute Gasteiger partial charge is 0.388 e. The molecule has 0 unspecified atom stereocenters. The summed E-state index contributed by atoms with van der Waals surface area (Å²) in [6, 6.07) is 0. The number of thiophene rings is 1. The Morgan fingerprint density at radius 2 is 2.00 bits per heavy atom. The van der Waals surface area contributed by atoms with Crippen molar-refractivity contribution in [2.45, 2.75) is 38.8 Å². The summed E-state index contributed by atoms with van der Waals surface area (Å²) < 4.78 is 24.4. The standard InChI is InChI=1S/C14H18N2O4S2/c1-9-10(2)21-12-11(9)13(17)16(8-15-12)7-14(18)3-5-22(19,20)6-4-14/h8,18H,3-7H2,1-2H3. The molecule has 1 N–H and O–H groups in total. The lowest BCUT2D eigenvalue weighted by Gasteiger charge is -2.32. The van der Waals surface area contributed by atoms with Crippen molar-refractivity contribution in [3.05, 3.63) is 27.1 Å². The maximum atomic E-state index is 12.6. The minimum atomic E-state index is -3.06. The van der Waals surface area contributed by atoms with Gasteiger partial charge in [-0.2, -0.15) is 0 Å². The predicted molar refractivity (Wildman–Crippen MR) is 86.2 cm³/mol. The number of aliphatic hydroxyl groups is 1. The maximum Gasteiger partial charge on any atom is 0.262 e. The van der Waals surface area contributed by atoms with Crippen LogP contribution in [-0.4, -0.2) is 40.2 Å². The molecule has 3 rings (SSSR count). The monoisotopic (exact) mass is 342 g/mol. The number of aryl methyl sites for hydroxylation is 2. The first kappa shape index (κ1) is 15.6. The van der Waals surface area contributed by atoms with Crippen LogP contribution in [0.3, 0.4) is 0 Å². The normalized spacial score (nSPS) is 20.3. The molecule has 0 aromatic carbocycles. The summed E-state index contributed by atoms with van der Waals surface area (Å²) in [6.45, 7) is 3.92. The second-order valence-electron chi connectivity index (χ2n) is 6.02. The third-order valence-corrected chi connectivity index (χ3v) is 7.14. The number of hydrogen-bond donors (Lipinski definition) is 1. The van der Waals surface area contributed by atoms with Crippen molar-refractivity contribution in [1.82, 2.24) is 9.55 Å². The highest BCUT2D eigenvalue weighted by atomic mass is 32.2. The molecule has 0 saturated carbocycles. The second kappa shape index (κ2) is 5.14. The van der Waals surface area contributed by atoms with E-state index in [9.17, 15) is 18.3 Å². The first-order valence-corrected chi connectivity index (χ1v) is 9.73. The molecule has 0 radical (unpaired) electrons. The van der Waals surface area contributed by atoms with Crippen LogP contribution in [0.15, 0.2) is 11.1 Å². The van der Waals surface area contributed by atoms with Crippen LogP contribution in [0, 0.1) is 13.8 Å². The first-order chi connectivity index (χ1) is 10.2. The highest BCUT2D eigenvalue weighted by Gasteiger charge is 2.36. The van der Waals surface area contributed by atoms with Crippen molar-refractivity contribution >= 4 is 31.4 Å². The average molecular weight is 342 g/mol. The number of rotatable bonds is 2. The van der Waals surface area contributed by atoms with Gasteiger partial charge in [-0.25, -0.2) is 13.4 Å². The van der Waals surface area contributed by atoms with Gasteiger partial charge in [-0.05, 0) is 32.3 Å². The molecule has 1 aliphatic rings. The van der Waals surface area contributed by atoms with Crippen molar-refractivity contribution in [3.63, 3.8) is 0 Å². The minimum absolute atomic E-state index is 0.0372. The van der Waals surface area contributed by atoms with Gasteiger partial charge in [-0.15, -0.1) is 11.3 Å². The fraction of sp³-hybridized carbons (Fsp3) is 0.571. The number of fused-ring (bicyclic) bond motifs is 1. The molecule has 0 bridgehead atoms. The van der Waals surface area contributed by atoms with E-state index >= 15 is 0 Å². The van der Waals surface area contributed by atoms with Gasteiger partial charge < -0.3 is 5.11 Å². The molecule has 0 aliphatic carbocycles. The molecule has 0 spiro atoms. The van der Waals surface area contributed by atoms with E-state index in [0.717, 1.165) is 10.4 Å². The van der Waals surface area contributed by atoms with Gasteiger partial charge in [0.05, 0.1) is 35.4 Å². The zero-order chi connectivity index (χ0) is 16.1. The van der Waals surface area contributed by atoms with Crippen LogP contribution >= 0.6 is 11.3 Å². The molecule has 0 amide bonds. The Hall–Kier alpha value is -1.25. The minimum Gasteiger partial charge on any atom is -0.388 e. The summed E-state index contributed by atoms with van der Waals surface area (Å²) in [5, 5.41) is 11.2. The molecule has 3 heterocycles. The van der Waals surface area contributed by atoms with E-state index in [4.69, 9.17) is 0 Å². The van der Waals surface area contributed by atoms with E-state index in [1.54, 1.807) is 0 Å². The van der Waals surface area contributed by atoms with Crippen LogP contribution in [0.25, 0.3) is 10.2 Å². The van der Waals surface area contributed by atoms with Crippen molar-refractivity contribution < 1.29 is 13.5 Å². The summed E-state index contributed by atoms with van der Waals surface area (Å²) in [7, 11) is -3.06. The van der Waals surface area contributed by atoms with Crippen LogP contribution < -0.4 is 5.56 Å². The molecule has 1 aliphatic heterocycles. The predicted octanol–water partition coefficient (Wildman–Crippen LogP) is 1.01. The molecular formula is C14H18N2O4S2. The Labute approximate surface area is 132 Å². The molecule has 120 valence electrons. The topological polar surface area (TPSA) is 89.3 Å². The summed E-state index contributed by atoms with van der Waals surface area (Å²) in [5.74, 6) is -0.0744. The summed E-state index contributed by atoms with van der Waals surface area (Å²) >= 11 is 1.48. The third kappa shape index (κ3) is 2.70. The Kier molecular flexibility index (Phi) is 3.65. The molecule has 0 atom stereocenters. The van der Waals surface area contributed by atoms with Gasteiger partial charge in [-0.1, -0.05) is 0 Å². The van der Waals surface area contributed by atoms with E-state index < -0.39 is 15.4 Å². The summed E-state index contributed by atoms with van der Waals surface area (Å²) in [6.07, 6.45) is 1.75. The van der Waals surface area contributed by atoms with Crippen molar-refractivity contribution in [2.24, 2.45) is 0 Å². The van der Waals surface area contributed by atoms with Gasteiger partial charge in [0.2, 0.25) is 0 Å². The third-order valence-electron chi connectivity index (χ3n) is 4.38. The van der Waals surface area contributed by atoms with E-state index in [1.165, 1.54) is 22.2 Å². The van der Waals surface area contributed by atoms with Gasteiger partial charge >= 0.3 is 0 Å². The van der Waals surface area contributed by atoms with Gasteiger partial charge in [-0.3, -0.25) is 9.36 Å². The van der Waals surface area contributed by atoms with E-state index in [1.807, 2.05) is 13.8 Å². The summed E-state index contributed by atoms with van der Waals surface area (Å²) in [4.78, 5) is 18.7. The zero-order valence-corrected chi connectivity index (χ0v) is 14.1. The van der Waals surface area contributed by atoms with Crippen molar-refractivity contribution in [3.8, 4) is 0 Å². The Bertz CT molecular complexity index is 881. The molecular weight excluding hydrogens is 324 g/mol. The zero-order valence-electron chi connectivity index (χ0n) is 12.5. The molecule has 6 nitrogen and oxygen atoms in total. The van der Waals surface area contributed by atoms with Gasteiger partial charge in [0.1, 0.15) is 4.83 Å². The van der Waals surface area contributed by atoms with Gasteiger partial charge in [0.25, 0.3) is 5.56 Å². The number of sulfone groups is 1. The molecule has 1 saturated heterocycles. The first-order valence-electron chi connectivity index (χ1n) is 7.09. The summed E-state index contributed by atoms with van der Waals surface area (Å²) in [5.41, 5.74) is -0.414.